The summed E-state index contributed by atoms with van der Waals surface area (Å²) >= 11 is 0. The third kappa shape index (κ3) is 5.57. The summed E-state index contributed by atoms with van der Waals surface area (Å²) in [6.45, 7) is 1.49. The highest BCUT2D eigenvalue weighted by molar-refractivity contribution is 5.88. The fourth-order valence-electron chi connectivity index (χ4n) is 4.73. The van der Waals surface area contributed by atoms with Gasteiger partial charge in [-0.3, -0.25) is 9.59 Å². The number of carbonyl (C=O) groups excluding carboxylic acids is 2. The van der Waals surface area contributed by atoms with Gasteiger partial charge in [-0.25, -0.2) is 0 Å². The molecule has 2 aliphatic carbocycles. The lowest BCUT2D eigenvalue weighted by Gasteiger charge is -2.33. The Kier molecular flexibility index (Phi) is 7.03. The molecule has 2 aromatic carbocycles. The van der Waals surface area contributed by atoms with Crippen LogP contribution < -0.4 is 14.8 Å². The minimum Gasteiger partial charge on any atom is -0.493 e. The maximum absolute atomic E-state index is 12.1. The molecule has 0 saturated heterocycles. The molecular weight excluding hydrogens is 414 g/mol. The zero-order chi connectivity index (χ0) is 23.3. The van der Waals surface area contributed by atoms with Crippen molar-refractivity contribution in [2.24, 2.45) is 0 Å². The number of hydrogen-bond donors (Lipinski definition) is 1. The molecule has 1 amide bonds. The van der Waals surface area contributed by atoms with Crippen molar-refractivity contribution in [1.29, 1.82) is 0 Å². The molecular formula is C28H31NO4. The largest absolute Gasteiger partial charge is 0.493 e. The van der Waals surface area contributed by atoms with Gasteiger partial charge in [-0.05, 0) is 80.5 Å². The maximum Gasteiger partial charge on any atom is 0.221 e. The Morgan fingerprint density at radius 2 is 1.73 bits per heavy atom. The third-order valence-corrected chi connectivity index (χ3v) is 6.62. The molecule has 33 heavy (non-hydrogen) atoms. The number of benzene rings is 2. The molecule has 0 heterocycles. The second-order valence-electron chi connectivity index (χ2n) is 9.02. The Balaban J connectivity index is 1.65. The topological polar surface area (TPSA) is 64.6 Å². The van der Waals surface area contributed by atoms with Crippen LogP contribution >= 0.6 is 0 Å². The lowest BCUT2D eigenvalue weighted by molar-refractivity contribution is -0.121. The van der Waals surface area contributed by atoms with E-state index in [1.54, 1.807) is 7.11 Å². The highest BCUT2D eigenvalue weighted by atomic mass is 16.5. The monoisotopic (exact) mass is 445 g/mol. The number of hydrogen-bond acceptors (Lipinski definition) is 4. The maximum atomic E-state index is 12.1. The smallest absolute Gasteiger partial charge is 0.221 e. The van der Waals surface area contributed by atoms with Crippen molar-refractivity contribution in [2.45, 2.75) is 69.8 Å². The number of ketones is 1. The second kappa shape index (κ2) is 10.1. The third-order valence-electron chi connectivity index (χ3n) is 6.62. The van der Waals surface area contributed by atoms with Crippen molar-refractivity contribution < 1.29 is 19.1 Å². The number of rotatable bonds is 5. The van der Waals surface area contributed by atoms with Gasteiger partial charge >= 0.3 is 0 Å². The van der Waals surface area contributed by atoms with Gasteiger partial charge < -0.3 is 14.8 Å². The average Bonchev–Trinajstić information content (AvgIpc) is 3.33. The normalized spacial score (nSPS) is 17.7. The Bertz CT molecular complexity index is 1060. The predicted molar refractivity (Wildman–Crippen MR) is 129 cm³/mol. The molecule has 0 bridgehead atoms. The Hall–Kier alpha value is -3.26. The van der Waals surface area contributed by atoms with Crippen LogP contribution in [0.25, 0.3) is 0 Å². The van der Waals surface area contributed by atoms with Gasteiger partial charge in [0.15, 0.2) is 11.5 Å². The zero-order valence-corrected chi connectivity index (χ0v) is 19.4. The summed E-state index contributed by atoms with van der Waals surface area (Å²) in [5.41, 5.74) is 2.28. The lowest BCUT2D eigenvalue weighted by atomic mass is 9.69. The lowest BCUT2D eigenvalue weighted by Crippen LogP contribution is -2.30. The first-order chi connectivity index (χ1) is 16.0. The van der Waals surface area contributed by atoms with E-state index in [4.69, 9.17) is 9.47 Å². The van der Waals surface area contributed by atoms with Crippen LogP contribution in [0.4, 0.5) is 5.69 Å². The van der Waals surface area contributed by atoms with E-state index >= 15 is 0 Å². The van der Waals surface area contributed by atoms with Crippen LogP contribution in [-0.4, -0.2) is 24.9 Å². The molecule has 0 radical (unpaired) electrons. The summed E-state index contributed by atoms with van der Waals surface area (Å²) < 4.78 is 11.9. The van der Waals surface area contributed by atoms with Gasteiger partial charge in [0, 0.05) is 31.0 Å². The standard InChI is InChI=1S/C28H31NO4/c1-20(30)29-23-10-7-21(8-11-23)13-16-28(17-14-24(31)15-18-28)22-9-12-26(32-2)27(19-22)33-25-5-3-4-6-25/h7-12,19,25H,3-6,14-15,17-18H2,1-2H3,(H,29,30). The van der Waals surface area contributed by atoms with Gasteiger partial charge in [0.1, 0.15) is 5.78 Å². The predicted octanol–water partition coefficient (Wildman–Crippen LogP) is 5.41. The van der Waals surface area contributed by atoms with Gasteiger partial charge in [0.25, 0.3) is 0 Å². The van der Waals surface area contributed by atoms with E-state index in [1.807, 2.05) is 30.3 Å². The Morgan fingerprint density at radius 1 is 1.03 bits per heavy atom. The summed E-state index contributed by atoms with van der Waals surface area (Å²) in [6.07, 6.45) is 7.21. The fraction of sp³-hybridized carbons (Fsp3) is 0.429. The molecule has 2 saturated carbocycles. The number of nitrogens with one attached hydrogen (secondary N) is 1. The first-order valence-electron chi connectivity index (χ1n) is 11.8. The van der Waals surface area contributed by atoms with Gasteiger partial charge in [-0.2, -0.15) is 0 Å². The summed E-state index contributed by atoms with van der Waals surface area (Å²) in [7, 11) is 1.66. The van der Waals surface area contributed by atoms with Crippen molar-refractivity contribution in [1.82, 2.24) is 0 Å². The summed E-state index contributed by atoms with van der Waals surface area (Å²) in [6, 6.07) is 13.6. The van der Waals surface area contributed by atoms with E-state index in [2.05, 4.69) is 29.3 Å². The first kappa shape index (κ1) is 22.9. The number of carbonyl (C=O) groups is 2. The molecule has 1 N–H and O–H groups in total. The van der Waals surface area contributed by atoms with Crippen molar-refractivity contribution in [3.05, 3.63) is 53.6 Å². The van der Waals surface area contributed by atoms with Crippen LogP contribution in [-0.2, 0) is 15.0 Å². The van der Waals surface area contributed by atoms with Crippen LogP contribution in [0.1, 0.15) is 69.4 Å². The zero-order valence-electron chi connectivity index (χ0n) is 19.4. The Labute approximate surface area is 195 Å². The van der Waals surface area contributed by atoms with Gasteiger partial charge in [0.2, 0.25) is 5.91 Å². The van der Waals surface area contributed by atoms with E-state index < -0.39 is 5.41 Å². The van der Waals surface area contributed by atoms with Gasteiger partial charge in [-0.15, -0.1) is 0 Å². The van der Waals surface area contributed by atoms with Gasteiger partial charge in [0.05, 0.1) is 18.6 Å². The van der Waals surface area contributed by atoms with Gasteiger partial charge in [-0.1, -0.05) is 17.9 Å². The summed E-state index contributed by atoms with van der Waals surface area (Å²) in [4.78, 5) is 23.3. The number of amides is 1. The second-order valence-corrected chi connectivity index (χ2v) is 9.02. The molecule has 2 aliphatic rings. The van der Waals surface area contributed by atoms with E-state index in [-0.39, 0.29) is 12.0 Å². The first-order valence-corrected chi connectivity index (χ1v) is 11.8. The van der Waals surface area contributed by atoms with Crippen molar-refractivity contribution >= 4 is 17.4 Å². The minimum absolute atomic E-state index is 0.102. The molecule has 0 atom stereocenters. The fourth-order valence-corrected chi connectivity index (χ4v) is 4.73. The van der Waals surface area contributed by atoms with Crippen LogP contribution in [0.3, 0.4) is 0 Å². The van der Waals surface area contributed by atoms with Crippen LogP contribution in [0.5, 0.6) is 11.5 Å². The van der Waals surface area contributed by atoms with E-state index in [1.165, 1.54) is 19.8 Å². The SMILES string of the molecule is COc1ccc(C2(C#Cc3ccc(NC(C)=O)cc3)CCC(=O)CC2)cc1OC1CCCC1. The van der Waals surface area contributed by atoms with Crippen LogP contribution in [0, 0.1) is 11.8 Å². The van der Waals surface area contributed by atoms with Crippen molar-refractivity contribution in [2.75, 3.05) is 12.4 Å². The summed E-state index contributed by atoms with van der Waals surface area (Å²) in [5, 5.41) is 2.77. The Morgan fingerprint density at radius 3 is 2.36 bits per heavy atom. The van der Waals surface area contributed by atoms with Crippen molar-refractivity contribution in [3.8, 4) is 23.3 Å². The molecule has 2 fully saturated rings. The average molecular weight is 446 g/mol. The molecule has 2 aromatic rings. The number of methoxy groups -OCH3 is 1. The van der Waals surface area contributed by atoms with Crippen LogP contribution in [0.2, 0.25) is 0 Å². The molecule has 5 heteroatoms. The van der Waals surface area contributed by atoms with E-state index in [0.717, 1.165) is 41.2 Å². The molecule has 0 aliphatic heterocycles. The number of ether oxygens (including phenoxy) is 2. The number of anilines is 1. The van der Waals surface area contributed by atoms with E-state index in [0.29, 0.717) is 31.5 Å². The van der Waals surface area contributed by atoms with Crippen LogP contribution in [0.15, 0.2) is 42.5 Å². The molecule has 0 spiro atoms. The highest BCUT2D eigenvalue weighted by Crippen LogP contribution is 2.42. The minimum atomic E-state index is -0.412. The molecule has 0 aromatic heterocycles. The number of Topliss-reactive ketones (excluding diaryl/α,β-unsaturated/α-hetero) is 1. The highest BCUT2D eigenvalue weighted by Gasteiger charge is 2.36. The quantitative estimate of drug-likeness (QED) is 0.625. The molecule has 5 nitrogen and oxygen atoms in total. The summed E-state index contributed by atoms with van der Waals surface area (Å²) in [5.74, 6) is 8.53. The molecule has 172 valence electrons. The molecule has 4 rings (SSSR count). The van der Waals surface area contributed by atoms with Crippen molar-refractivity contribution in [3.63, 3.8) is 0 Å². The molecule has 0 unspecified atom stereocenters. The van der Waals surface area contributed by atoms with E-state index in [9.17, 15) is 9.59 Å².